The fourth-order valence-corrected chi connectivity index (χ4v) is 3.23. The third-order valence-electron chi connectivity index (χ3n) is 4.60. The van der Waals surface area contributed by atoms with Gasteiger partial charge in [-0.2, -0.15) is 0 Å². The van der Waals surface area contributed by atoms with Gasteiger partial charge in [-0.3, -0.25) is 4.79 Å². The summed E-state index contributed by atoms with van der Waals surface area (Å²) in [7, 11) is 0. The lowest BCUT2D eigenvalue weighted by Gasteiger charge is -2.37. The van der Waals surface area contributed by atoms with Crippen molar-refractivity contribution in [1.82, 2.24) is 0 Å². The quantitative estimate of drug-likeness (QED) is 0.751. The van der Waals surface area contributed by atoms with Gasteiger partial charge in [-0.1, -0.05) is 27.7 Å². The van der Waals surface area contributed by atoms with E-state index in [-0.39, 0.29) is 11.6 Å². The van der Waals surface area contributed by atoms with Crippen LogP contribution in [0.5, 0.6) is 0 Å². The van der Waals surface area contributed by atoms with Gasteiger partial charge in [0.25, 0.3) is 0 Å². The van der Waals surface area contributed by atoms with Gasteiger partial charge in [0.05, 0.1) is 5.41 Å². The van der Waals surface area contributed by atoms with Crippen molar-refractivity contribution >= 4 is 5.97 Å². The van der Waals surface area contributed by atoms with Crippen LogP contribution in [0.25, 0.3) is 0 Å². The maximum absolute atomic E-state index is 12.6. The molecule has 1 rings (SSSR count). The van der Waals surface area contributed by atoms with Gasteiger partial charge >= 0.3 is 5.97 Å². The summed E-state index contributed by atoms with van der Waals surface area (Å²) in [6, 6.07) is 0. The standard InChI is InChI=1S/C16H31NO2/c1-12(2)10-15(5,11-17)14(18)19-16(13(3)4)8-6-7-9-16/h12-13H,6-11,17H2,1-5H3. The summed E-state index contributed by atoms with van der Waals surface area (Å²) in [5, 5.41) is 0. The van der Waals surface area contributed by atoms with Gasteiger partial charge in [0.15, 0.2) is 0 Å². The SMILES string of the molecule is CC(C)CC(C)(CN)C(=O)OC1(C(C)C)CCCC1. The summed E-state index contributed by atoms with van der Waals surface area (Å²) in [5.41, 5.74) is 5.06. The van der Waals surface area contributed by atoms with Crippen molar-refractivity contribution in [3.63, 3.8) is 0 Å². The normalized spacial score (nSPS) is 21.7. The molecule has 0 amide bonds. The Bertz CT molecular complexity index is 306. The Morgan fingerprint density at radius 2 is 1.79 bits per heavy atom. The average Bonchev–Trinajstić information content (AvgIpc) is 2.77. The van der Waals surface area contributed by atoms with E-state index in [1.165, 1.54) is 0 Å². The van der Waals surface area contributed by atoms with Gasteiger partial charge in [0.2, 0.25) is 0 Å². The van der Waals surface area contributed by atoms with E-state index in [1.54, 1.807) is 0 Å². The predicted octanol–water partition coefficient (Wildman–Crippen LogP) is 3.51. The average molecular weight is 269 g/mol. The van der Waals surface area contributed by atoms with E-state index in [2.05, 4.69) is 27.7 Å². The van der Waals surface area contributed by atoms with E-state index < -0.39 is 5.41 Å². The zero-order valence-corrected chi connectivity index (χ0v) is 13.3. The van der Waals surface area contributed by atoms with Crippen molar-refractivity contribution < 1.29 is 9.53 Å². The highest BCUT2D eigenvalue weighted by Crippen LogP contribution is 2.41. The van der Waals surface area contributed by atoms with Crippen LogP contribution in [0.2, 0.25) is 0 Å². The molecule has 0 saturated heterocycles. The number of carbonyl (C=O) groups is 1. The molecule has 0 bridgehead atoms. The minimum Gasteiger partial charge on any atom is -0.458 e. The van der Waals surface area contributed by atoms with Crippen LogP contribution in [0, 0.1) is 17.3 Å². The zero-order valence-electron chi connectivity index (χ0n) is 13.3. The molecular formula is C16H31NO2. The van der Waals surface area contributed by atoms with Gasteiger partial charge in [-0.05, 0) is 50.9 Å². The molecule has 0 aromatic carbocycles. The van der Waals surface area contributed by atoms with Crippen molar-refractivity contribution in [3.8, 4) is 0 Å². The predicted molar refractivity (Wildman–Crippen MR) is 78.7 cm³/mol. The molecule has 112 valence electrons. The molecule has 1 fully saturated rings. The largest absolute Gasteiger partial charge is 0.458 e. The van der Waals surface area contributed by atoms with E-state index in [9.17, 15) is 4.79 Å². The van der Waals surface area contributed by atoms with Crippen LogP contribution in [0.15, 0.2) is 0 Å². The van der Waals surface area contributed by atoms with E-state index in [1.807, 2.05) is 6.92 Å². The van der Waals surface area contributed by atoms with Crippen molar-refractivity contribution in [3.05, 3.63) is 0 Å². The van der Waals surface area contributed by atoms with E-state index >= 15 is 0 Å². The van der Waals surface area contributed by atoms with Gasteiger partial charge < -0.3 is 10.5 Å². The molecule has 0 aliphatic heterocycles. The van der Waals surface area contributed by atoms with Crippen molar-refractivity contribution in [2.45, 2.75) is 72.3 Å². The molecule has 19 heavy (non-hydrogen) atoms. The monoisotopic (exact) mass is 269 g/mol. The molecule has 1 atom stereocenters. The summed E-state index contributed by atoms with van der Waals surface area (Å²) in [6.07, 6.45) is 5.11. The highest BCUT2D eigenvalue weighted by atomic mass is 16.6. The van der Waals surface area contributed by atoms with Gasteiger partial charge in [-0.15, -0.1) is 0 Å². The van der Waals surface area contributed by atoms with Crippen molar-refractivity contribution in [2.24, 2.45) is 23.0 Å². The molecule has 0 heterocycles. The lowest BCUT2D eigenvalue weighted by atomic mass is 9.81. The number of esters is 1. The lowest BCUT2D eigenvalue weighted by Crippen LogP contribution is -2.45. The number of ether oxygens (including phenoxy) is 1. The molecule has 0 spiro atoms. The van der Waals surface area contributed by atoms with Crippen LogP contribution in [0.3, 0.4) is 0 Å². The molecule has 1 unspecified atom stereocenters. The highest BCUT2D eigenvalue weighted by molar-refractivity contribution is 5.77. The second-order valence-electron chi connectivity index (χ2n) is 7.18. The molecule has 3 heteroatoms. The Kier molecular flexibility index (Phi) is 5.43. The second kappa shape index (κ2) is 6.25. The Morgan fingerprint density at radius 3 is 2.16 bits per heavy atom. The summed E-state index contributed by atoms with van der Waals surface area (Å²) in [4.78, 5) is 12.6. The molecule has 1 aliphatic rings. The molecule has 2 N–H and O–H groups in total. The molecule has 3 nitrogen and oxygen atoms in total. The Balaban J connectivity index is 2.81. The van der Waals surface area contributed by atoms with E-state index in [0.29, 0.717) is 18.4 Å². The fourth-order valence-electron chi connectivity index (χ4n) is 3.23. The molecular weight excluding hydrogens is 238 g/mol. The highest BCUT2D eigenvalue weighted by Gasteiger charge is 2.44. The third kappa shape index (κ3) is 3.71. The first kappa shape index (κ1) is 16.5. The first-order chi connectivity index (χ1) is 8.76. The van der Waals surface area contributed by atoms with Crippen LogP contribution >= 0.6 is 0 Å². The Labute approximate surface area is 118 Å². The molecule has 0 aromatic rings. The smallest absolute Gasteiger partial charge is 0.313 e. The van der Waals surface area contributed by atoms with Gasteiger partial charge in [0.1, 0.15) is 5.60 Å². The molecule has 1 aliphatic carbocycles. The Morgan fingerprint density at radius 1 is 1.26 bits per heavy atom. The first-order valence-corrected chi connectivity index (χ1v) is 7.69. The van der Waals surface area contributed by atoms with Crippen LogP contribution in [0.1, 0.15) is 66.7 Å². The fraction of sp³-hybridized carbons (Fsp3) is 0.938. The maximum Gasteiger partial charge on any atom is 0.313 e. The minimum absolute atomic E-state index is 0.0979. The maximum atomic E-state index is 12.6. The summed E-state index contributed by atoms with van der Waals surface area (Å²) in [5.74, 6) is 0.721. The molecule has 0 aromatic heterocycles. The van der Waals surface area contributed by atoms with E-state index in [0.717, 1.165) is 32.1 Å². The van der Waals surface area contributed by atoms with Crippen LogP contribution < -0.4 is 5.73 Å². The summed E-state index contributed by atoms with van der Waals surface area (Å²) < 4.78 is 6.00. The van der Waals surface area contributed by atoms with Crippen LogP contribution in [-0.2, 0) is 9.53 Å². The summed E-state index contributed by atoms with van der Waals surface area (Å²) >= 11 is 0. The van der Waals surface area contributed by atoms with Crippen LogP contribution in [0.4, 0.5) is 0 Å². The van der Waals surface area contributed by atoms with Crippen molar-refractivity contribution in [2.75, 3.05) is 6.54 Å². The number of hydrogen-bond donors (Lipinski definition) is 1. The Hall–Kier alpha value is -0.570. The number of nitrogens with two attached hydrogens (primary N) is 1. The number of carbonyl (C=O) groups excluding carboxylic acids is 1. The molecule has 1 saturated carbocycles. The minimum atomic E-state index is -0.543. The molecule has 0 radical (unpaired) electrons. The van der Waals surface area contributed by atoms with Gasteiger partial charge in [0, 0.05) is 6.54 Å². The van der Waals surface area contributed by atoms with Gasteiger partial charge in [-0.25, -0.2) is 0 Å². The zero-order chi connectivity index (χ0) is 14.7. The van der Waals surface area contributed by atoms with E-state index in [4.69, 9.17) is 10.5 Å². The number of rotatable bonds is 6. The lowest BCUT2D eigenvalue weighted by molar-refractivity contribution is -0.176. The summed E-state index contributed by atoms with van der Waals surface area (Å²) in [6.45, 7) is 10.8. The second-order valence-corrected chi connectivity index (χ2v) is 7.18. The number of hydrogen-bond acceptors (Lipinski definition) is 3. The third-order valence-corrected chi connectivity index (χ3v) is 4.60. The topological polar surface area (TPSA) is 52.3 Å². The van der Waals surface area contributed by atoms with Crippen molar-refractivity contribution in [1.29, 1.82) is 0 Å². The van der Waals surface area contributed by atoms with Crippen LogP contribution in [-0.4, -0.2) is 18.1 Å². The first-order valence-electron chi connectivity index (χ1n) is 7.69.